The Labute approximate surface area is 164 Å². The van der Waals surface area contributed by atoms with E-state index in [2.05, 4.69) is 30.5 Å². The predicted octanol–water partition coefficient (Wildman–Crippen LogP) is 3.79. The van der Waals surface area contributed by atoms with Gasteiger partial charge >= 0.3 is 5.69 Å². The van der Waals surface area contributed by atoms with Gasteiger partial charge in [-0.25, -0.2) is 9.78 Å². The van der Waals surface area contributed by atoms with Crippen molar-refractivity contribution in [1.82, 2.24) is 19.2 Å². The highest BCUT2D eigenvalue weighted by molar-refractivity contribution is 7.19. The summed E-state index contributed by atoms with van der Waals surface area (Å²) < 4.78 is 14.6. The second-order valence-electron chi connectivity index (χ2n) is 7.88. The number of thiophene rings is 1. The number of hydrogen-bond acceptors (Lipinski definition) is 6. The van der Waals surface area contributed by atoms with Crippen LogP contribution in [0.5, 0.6) is 0 Å². The van der Waals surface area contributed by atoms with Crippen LogP contribution in [0.2, 0.25) is 0 Å². The first-order valence-corrected chi connectivity index (χ1v) is 9.92. The van der Waals surface area contributed by atoms with Crippen molar-refractivity contribution < 1.29 is 9.15 Å². The van der Waals surface area contributed by atoms with Crippen molar-refractivity contribution in [3.05, 3.63) is 51.5 Å². The molecule has 4 aromatic heterocycles. The molecule has 0 radical (unpaired) electrons. The van der Waals surface area contributed by atoms with Gasteiger partial charge in [0.2, 0.25) is 5.82 Å². The molecule has 5 heterocycles. The molecule has 8 heteroatoms. The Morgan fingerprint density at radius 1 is 1.43 bits per heavy atom. The Kier molecular flexibility index (Phi) is 3.66. The molecular weight excluding hydrogens is 376 g/mol. The summed E-state index contributed by atoms with van der Waals surface area (Å²) in [7, 11) is 0. The average molecular weight is 396 g/mol. The lowest BCUT2D eigenvalue weighted by molar-refractivity contribution is -0.0379. The van der Waals surface area contributed by atoms with Crippen molar-refractivity contribution in [1.29, 1.82) is 0 Å². The molecule has 144 valence electrons. The zero-order valence-electron chi connectivity index (χ0n) is 16.0. The Balaban J connectivity index is 1.90. The molecule has 0 aromatic carbocycles. The molecule has 0 aliphatic carbocycles. The highest BCUT2D eigenvalue weighted by Crippen LogP contribution is 2.40. The zero-order valence-corrected chi connectivity index (χ0v) is 16.8. The number of hydrogen-bond donors (Lipinski definition) is 0. The molecule has 5 rings (SSSR count). The fourth-order valence-corrected chi connectivity index (χ4v) is 4.91. The molecule has 0 saturated carbocycles. The molecule has 0 spiro atoms. The normalized spacial score (nSPS) is 16.0. The summed E-state index contributed by atoms with van der Waals surface area (Å²) in [5.41, 5.74) is 2.17. The fourth-order valence-electron chi connectivity index (χ4n) is 3.69. The lowest BCUT2D eigenvalue weighted by atomic mass is 9.94. The summed E-state index contributed by atoms with van der Waals surface area (Å²) in [5, 5.41) is 5.43. The van der Waals surface area contributed by atoms with Gasteiger partial charge in [0.1, 0.15) is 4.83 Å². The number of fused-ring (bicyclic) bond motifs is 5. The minimum atomic E-state index is -0.267. The second-order valence-corrected chi connectivity index (χ2v) is 8.97. The summed E-state index contributed by atoms with van der Waals surface area (Å²) in [6.45, 7) is 11.0. The first kappa shape index (κ1) is 17.4. The van der Waals surface area contributed by atoms with Crippen LogP contribution in [0.25, 0.3) is 27.4 Å². The number of nitrogens with zero attached hydrogens (tertiary/aromatic N) is 4. The van der Waals surface area contributed by atoms with Gasteiger partial charge in [-0.3, -0.25) is 4.57 Å². The van der Waals surface area contributed by atoms with E-state index in [1.54, 1.807) is 34.3 Å². The number of aromatic nitrogens is 4. The Bertz CT molecular complexity index is 1290. The third-order valence-corrected chi connectivity index (χ3v) is 6.15. The Morgan fingerprint density at radius 2 is 2.25 bits per heavy atom. The average Bonchev–Trinajstić information content (AvgIpc) is 3.34. The van der Waals surface area contributed by atoms with Crippen LogP contribution in [0.15, 0.2) is 39.8 Å². The van der Waals surface area contributed by atoms with E-state index in [-0.39, 0.29) is 11.3 Å². The highest BCUT2D eigenvalue weighted by atomic mass is 32.1. The largest absolute Gasteiger partial charge is 0.461 e. The monoisotopic (exact) mass is 396 g/mol. The van der Waals surface area contributed by atoms with Crippen LogP contribution < -0.4 is 5.69 Å². The van der Waals surface area contributed by atoms with Gasteiger partial charge in [0.05, 0.1) is 23.9 Å². The molecule has 0 unspecified atom stereocenters. The predicted molar refractivity (Wildman–Crippen MR) is 108 cm³/mol. The van der Waals surface area contributed by atoms with E-state index in [0.29, 0.717) is 30.4 Å². The van der Waals surface area contributed by atoms with E-state index in [4.69, 9.17) is 9.15 Å². The van der Waals surface area contributed by atoms with Crippen molar-refractivity contribution in [2.45, 2.75) is 45.9 Å². The van der Waals surface area contributed by atoms with Crippen LogP contribution in [-0.2, 0) is 24.3 Å². The molecule has 0 atom stereocenters. The summed E-state index contributed by atoms with van der Waals surface area (Å²) in [4.78, 5) is 19.9. The molecule has 0 saturated heterocycles. The van der Waals surface area contributed by atoms with Gasteiger partial charge in [-0.1, -0.05) is 12.2 Å². The van der Waals surface area contributed by atoms with E-state index >= 15 is 0 Å². The van der Waals surface area contributed by atoms with Crippen LogP contribution in [0.1, 0.15) is 31.2 Å². The highest BCUT2D eigenvalue weighted by Gasteiger charge is 2.32. The fraction of sp³-hybridized carbons (Fsp3) is 0.350. The molecule has 28 heavy (non-hydrogen) atoms. The van der Waals surface area contributed by atoms with Crippen LogP contribution in [0.4, 0.5) is 0 Å². The maximum Gasteiger partial charge on any atom is 0.352 e. The minimum Gasteiger partial charge on any atom is -0.461 e. The molecule has 1 aliphatic heterocycles. The van der Waals surface area contributed by atoms with Crippen molar-refractivity contribution in [2.75, 3.05) is 0 Å². The molecule has 0 N–H and O–H groups in total. The third-order valence-electron chi connectivity index (χ3n) is 4.93. The smallest absolute Gasteiger partial charge is 0.352 e. The molecule has 0 bridgehead atoms. The van der Waals surface area contributed by atoms with Gasteiger partial charge in [-0.05, 0) is 38.5 Å². The lowest BCUT2D eigenvalue weighted by Crippen LogP contribution is -2.31. The molecule has 7 nitrogen and oxygen atoms in total. The molecular formula is C20H20N4O3S. The quantitative estimate of drug-likeness (QED) is 0.493. The summed E-state index contributed by atoms with van der Waals surface area (Å²) in [6.07, 6.45) is 2.33. The van der Waals surface area contributed by atoms with E-state index in [0.717, 1.165) is 27.1 Å². The number of rotatable bonds is 3. The molecule has 1 aliphatic rings. The Morgan fingerprint density at radius 3 is 2.96 bits per heavy atom. The zero-order chi connectivity index (χ0) is 19.6. The van der Waals surface area contributed by atoms with Crippen molar-refractivity contribution in [3.8, 4) is 11.6 Å². The number of ether oxygens (including phenoxy) is 1. The number of furan rings is 1. The summed E-state index contributed by atoms with van der Waals surface area (Å²) >= 11 is 1.60. The first-order chi connectivity index (χ1) is 13.3. The van der Waals surface area contributed by atoms with Gasteiger partial charge in [0, 0.05) is 17.8 Å². The van der Waals surface area contributed by atoms with Gasteiger partial charge in [-0.2, -0.15) is 4.52 Å². The first-order valence-electron chi connectivity index (χ1n) is 9.10. The molecule has 0 amide bonds. The molecule has 0 fully saturated rings. The maximum atomic E-state index is 13.2. The van der Waals surface area contributed by atoms with Crippen LogP contribution >= 0.6 is 11.3 Å². The van der Waals surface area contributed by atoms with Gasteiger partial charge in [0.25, 0.3) is 0 Å². The second kappa shape index (κ2) is 5.89. The summed E-state index contributed by atoms with van der Waals surface area (Å²) in [5.74, 6) is 0.943. The standard InChI is InChI=1S/C20H20N4O3S/c1-11(2)9-23-18-15(12-8-20(3,4)27-10-14(12)28-18)17-21-16(13-6-5-7-26-13)22-24(17)19(23)25/h5-7H,1,8-10H2,2-4H3. The van der Waals surface area contributed by atoms with E-state index in [1.807, 2.05) is 6.92 Å². The van der Waals surface area contributed by atoms with E-state index in [9.17, 15) is 4.79 Å². The van der Waals surface area contributed by atoms with Gasteiger partial charge in [0.15, 0.2) is 11.4 Å². The van der Waals surface area contributed by atoms with Crippen molar-refractivity contribution in [2.24, 2.45) is 0 Å². The minimum absolute atomic E-state index is 0.227. The third kappa shape index (κ3) is 2.56. The molecule has 4 aromatic rings. The topological polar surface area (TPSA) is 74.6 Å². The van der Waals surface area contributed by atoms with Crippen LogP contribution in [0.3, 0.4) is 0 Å². The van der Waals surface area contributed by atoms with Crippen molar-refractivity contribution in [3.63, 3.8) is 0 Å². The van der Waals surface area contributed by atoms with E-state index < -0.39 is 0 Å². The van der Waals surface area contributed by atoms with Crippen molar-refractivity contribution >= 4 is 27.2 Å². The maximum absolute atomic E-state index is 13.2. The van der Waals surface area contributed by atoms with Crippen LogP contribution in [0, 0.1) is 0 Å². The lowest BCUT2D eigenvalue weighted by Gasteiger charge is -2.30. The van der Waals surface area contributed by atoms with Gasteiger partial charge < -0.3 is 9.15 Å². The summed E-state index contributed by atoms with van der Waals surface area (Å²) in [6, 6.07) is 3.57. The SMILES string of the molecule is C=C(C)Cn1c(=O)n2nc(-c3ccco3)nc2c2c3c(sc21)COC(C)(C)C3. The Hall–Kier alpha value is -2.71. The number of allylic oxidation sites excluding steroid dienone is 1. The van der Waals surface area contributed by atoms with Crippen LogP contribution in [-0.4, -0.2) is 24.8 Å². The van der Waals surface area contributed by atoms with E-state index in [1.165, 1.54) is 10.1 Å². The van der Waals surface area contributed by atoms with Gasteiger partial charge in [-0.15, -0.1) is 16.4 Å².